The Kier molecular flexibility index (Phi) is 7.61. The number of phenols is 1. The van der Waals surface area contributed by atoms with E-state index >= 15 is 0 Å². The van der Waals surface area contributed by atoms with Crippen LogP contribution in [0.4, 0.5) is 5.69 Å². The Balaban J connectivity index is 1.54. The highest BCUT2D eigenvalue weighted by molar-refractivity contribution is 5.92. The van der Waals surface area contributed by atoms with Gasteiger partial charge in [0.25, 0.3) is 0 Å². The summed E-state index contributed by atoms with van der Waals surface area (Å²) in [5.41, 5.74) is 1.75. The average Bonchev–Trinajstić information content (AvgIpc) is 2.73. The number of hydrogen-bond acceptors (Lipinski definition) is 3. The highest BCUT2D eigenvalue weighted by atomic mass is 16.3. The summed E-state index contributed by atoms with van der Waals surface area (Å²) in [4.78, 5) is 14.3. The molecule has 1 amide bonds. The molecule has 1 aromatic carbocycles. The predicted octanol–water partition coefficient (Wildman–Crippen LogP) is 5.70. The molecule has 0 aromatic heterocycles. The molecule has 2 N–H and O–H groups in total. The third-order valence-electron chi connectivity index (χ3n) is 7.63. The van der Waals surface area contributed by atoms with Crippen molar-refractivity contribution in [1.29, 1.82) is 0 Å². The van der Waals surface area contributed by atoms with E-state index in [0.29, 0.717) is 18.0 Å². The first-order chi connectivity index (χ1) is 13.9. The van der Waals surface area contributed by atoms with E-state index in [0.717, 1.165) is 25.4 Å². The summed E-state index contributed by atoms with van der Waals surface area (Å²) in [6.07, 6.45) is 11.5. The number of anilines is 1. The molecule has 1 aliphatic heterocycles. The van der Waals surface area contributed by atoms with E-state index in [9.17, 15) is 9.90 Å². The standard InChI is InChI=1S/C25H40N2O2/c1-4-24(29)26-22-13-12-21(17-23(22)28)25(3)14-16-27(18-19(25)2)15-8-11-20-9-6-5-7-10-20/h12-13,17,19-20,28H,4-11,14-16,18H2,1-3H3,(H,26,29)/t19-,25-/m0/s1. The second-order valence-corrected chi connectivity index (χ2v) is 9.65. The topological polar surface area (TPSA) is 52.6 Å². The lowest BCUT2D eigenvalue weighted by Gasteiger charge is -2.45. The van der Waals surface area contributed by atoms with Crippen molar-refractivity contribution in [3.05, 3.63) is 23.8 Å². The third kappa shape index (κ3) is 5.53. The molecule has 1 saturated heterocycles. The van der Waals surface area contributed by atoms with Crippen molar-refractivity contribution in [3.8, 4) is 5.75 Å². The van der Waals surface area contributed by atoms with Gasteiger partial charge in [0.1, 0.15) is 5.75 Å². The second-order valence-electron chi connectivity index (χ2n) is 9.65. The molecule has 0 bridgehead atoms. The van der Waals surface area contributed by atoms with E-state index in [1.165, 1.54) is 57.1 Å². The number of aromatic hydroxyl groups is 1. The van der Waals surface area contributed by atoms with Gasteiger partial charge in [0.15, 0.2) is 0 Å². The van der Waals surface area contributed by atoms with E-state index in [1.54, 1.807) is 0 Å². The number of hydrogen-bond donors (Lipinski definition) is 2. The van der Waals surface area contributed by atoms with Crippen LogP contribution in [0.5, 0.6) is 5.75 Å². The molecule has 3 rings (SSSR count). The van der Waals surface area contributed by atoms with Crippen LogP contribution in [0.25, 0.3) is 0 Å². The van der Waals surface area contributed by atoms with Crippen LogP contribution in [-0.4, -0.2) is 35.5 Å². The molecule has 1 aliphatic carbocycles. The lowest BCUT2D eigenvalue weighted by molar-refractivity contribution is -0.115. The summed E-state index contributed by atoms with van der Waals surface area (Å²) in [7, 11) is 0. The van der Waals surface area contributed by atoms with Crippen LogP contribution in [0.15, 0.2) is 18.2 Å². The SMILES string of the molecule is CCC(=O)Nc1ccc([C@@]2(C)CCN(CCCC3CCCCC3)C[C@@H]2C)cc1O. The third-order valence-corrected chi connectivity index (χ3v) is 7.63. The van der Waals surface area contributed by atoms with Crippen molar-refractivity contribution in [2.75, 3.05) is 25.0 Å². The van der Waals surface area contributed by atoms with E-state index < -0.39 is 0 Å². The molecular weight excluding hydrogens is 360 g/mol. The molecule has 162 valence electrons. The smallest absolute Gasteiger partial charge is 0.224 e. The summed E-state index contributed by atoms with van der Waals surface area (Å²) in [6.45, 7) is 9.96. The molecule has 1 saturated carbocycles. The summed E-state index contributed by atoms with van der Waals surface area (Å²) in [5, 5.41) is 13.2. The van der Waals surface area contributed by atoms with Crippen LogP contribution in [0.2, 0.25) is 0 Å². The Bertz CT molecular complexity index is 683. The normalized spacial score (nSPS) is 26.4. The van der Waals surface area contributed by atoms with Crippen molar-refractivity contribution in [2.45, 2.75) is 84.0 Å². The van der Waals surface area contributed by atoms with Crippen LogP contribution in [0.3, 0.4) is 0 Å². The van der Waals surface area contributed by atoms with Gasteiger partial charge in [-0.1, -0.05) is 58.9 Å². The van der Waals surface area contributed by atoms with E-state index in [4.69, 9.17) is 0 Å². The van der Waals surface area contributed by atoms with Gasteiger partial charge in [0.2, 0.25) is 5.91 Å². The number of amides is 1. The molecule has 2 fully saturated rings. The zero-order chi connectivity index (χ0) is 20.9. The molecular formula is C25H40N2O2. The number of carbonyl (C=O) groups is 1. The number of nitrogens with one attached hydrogen (secondary N) is 1. The Hall–Kier alpha value is -1.55. The fourth-order valence-corrected chi connectivity index (χ4v) is 5.26. The molecule has 1 heterocycles. The van der Waals surface area contributed by atoms with Gasteiger partial charge in [-0.15, -0.1) is 0 Å². The number of phenolic OH excluding ortho intramolecular Hbond substituents is 1. The van der Waals surface area contributed by atoms with E-state index in [2.05, 4.69) is 30.1 Å². The maximum Gasteiger partial charge on any atom is 0.224 e. The fraction of sp³-hybridized carbons (Fsp3) is 0.720. The maximum atomic E-state index is 11.6. The van der Waals surface area contributed by atoms with Gasteiger partial charge in [-0.25, -0.2) is 0 Å². The number of likely N-dealkylation sites (tertiary alicyclic amines) is 1. The van der Waals surface area contributed by atoms with Crippen LogP contribution >= 0.6 is 0 Å². The van der Waals surface area contributed by atoms with Gasteiger partial charge >= 0.3 is 0 Å². The van der Waals surface area contributed by atoms with Gasteiger partial charge in [-0.3, -0.25) is 4.79 Å². The first kappa shape index (κ1) is 22.1. The van der Waals surface area contributed by atoms with Crippen molar-refractivity contribution in [1.82, 2.24) is 4.90 Å². The van der Waals surface area contributed by atoms with Crippen LogP contribution in [0, 0.1) is 11.8 Å². The first-order valence-electron chi connectivity index (χ1n) is 11.8. The monoisotopic (exact) mass is 400 g/mol. The maximum absolute atomic E-state index is 11.6. The van der Waals surface area contributed by atoms with Crippen LogP contribution in [-0.2, 0) is 10.2 Å². The van der Waals surface area contributed by atoms with Crippen molar-refractivity contribution < 1.29 is 9.90 Å². The number of piperidine rings is 1. The predicted molar refractivity (Wildman–Crippen MR) is 120 cm³/mol. The Labute approximate surface area is 177 Å². The van der Waals surface area contributed by atoms with Gasteiger partial charge < -0.3 is 15.3 Å². The highest BCUT2D eigenvalue weighted by Crippen LogP contribution is 2.41. The number of benzene rings is 1. The quantitative estimate of drug-likeness (QED) is 0.577. The molecule has 0 spiro atoms. The summed E-state index contributed by atoms with van der Waals surface area (Å²) >= 11 is 0. The van der Waals surface area contributed by atoms with Gasteiger partial charge in [-0.05, 0) is 67.3 Å². The van der Waals surface area contributed by atoms with Crippen molar-refractivity contribution in [3.63, 3.8) is 0 Å². The Morgan fingerprint density at radius 2 is 2.03 bits per heavy atom. The van der Waals surface area contributed by atoms with Gasteiger partial charge in [0.05, 0.1) is 5.69 Å². The molecule has 0 unspecified atom stereocenters. The van der Waals surface area contributed by atoms with Crippen LogP contribution < -0.4 is 5.32 Å². The number of carbonyl (C=O) groups excluding carboxylic acids is 1. The molecule has 0 radical (unpaired) electrons. The highest BCUT2D eigenvalue weighted by Gasteiger charge is 2.38. The van der Waals surface area contributed by atoms with Crippen LogP contribution in [0.1, 0.15) is 84.1 Å². The lowest BCUT2D eigenvalue weighted by atomic mass is 9.68. The number of rotatable bonds is 7. The van der Waals surface area contributed by atoms with E-state index in [-0.39, 0.29) is 17.1 Å². The molecule has 1 aromatic rings. The molecule has 4 heteroatoms. The minimum atomic E-state index is -0.0748. The Morgan fingerprint density at radius 3 is 2.69 bits per heavy atom. The zero-order valence-electron chi connectivity index (χ0n) is 18.7. The molecule has 2 aliphatic rings. The largest absolute Gasteiger partial charge is 0.506 e. The zero-order valence-corrected chi connectivity index (χ0v) is 18.7. The van der Waals surface area contributed by atoms with E-state index in [1.807, 2.05) is 19.1 Å². The molecule has 29 heavy (non-hydrogen) atoms. The Morgan fingerprint density at radius 1 is 1.28 bits per heavy atom. The second kappa shape index (κ2) is 9.97. The van der Waals surface area contributed by atoms with Gasteiger partial charge in [-0.2, -0.15) is 0 Å². The van der Waals surface area contributed by atoms with Crippen molar-refractivity contribution in [2.24, 2.45) is 11.8 Å². The fourth-order valence-electron chi connectivity index (χ4n) is 5.26. The number of nitrogens with zero attached hydrogens (tertiary/aromatic N) is 1. The summed E-state index contributed by atoms with van der Waals surface area (Å²) < 4.78 is 0. The first-order valence-corrected chi connectivity index (χ1v) is 11.8. The molecule has 2 atom stereocenters. The summed E-state index contributed by atoms with van der Waals surface area (Å²) in [5.74, 6) is 1.61. The minimum absolute atomic E-state index is 0.0602. The van der Waals surface area contributed by atoms with Gasteiger partial charge in [0, 0.05) is 13.0 Å². The average molecular weight is 401 g/mol. The minimum Gasteiger partial charge on any atom is -0.506 e. The summed E-state index contributed by atoms with van der Waals surface area (Å²) in [6, 6.07) is 5.80. The van der Waals surface area contributed by atoms with Crippen molar-refractivity contribution >= 4 is 11.6 Å². The molecule has 4 nitrogen and oxygen atoms in total. The lowest BCUT2D eigenvalue weighted by Crippen LogP contribution is -2.47.